The van der Waals surface area contributed by atoms with Crippen molar-refractivity contribution < 1.29 is 28.6 Å². The Hall–Kier alpha value is -3.35. The lowest BCUT2D eigenvalue weighted by atomic mass is 10.2. The fourth-order valence-electron chi connectivity index (χ4n) is 2.36. The lowest BCUT2D eigenvalue weighted by molar-refractivity contribution is -0.154. The second kappa shape index (κ2) is 10.8. The summed E-state index contributed by atoms with van der Waals surface area (Å²) >= 11 is 0. The second-order valence-corrected chi connectivity index (χ2v) is 6.52. The topological polar surface area (TPSA) is 90.9 Å². The first-order chi connectivity index (χ1) is 13.9. The zero-order valence-corrected chi connectivity index (χ0v) is 16.7. The van der Waals surface area contributed by atoms with Gasteiger partial charge in [-0.2, -0.15) is 0 Å². The monoisotopic (exact) mass is 399 g/mol. The minimum atomic E-state index is -0.795. The molecule has 0 aromatic heterocycles. The molecule has 1 atom stereocenters. The summed E-state index contributed by atoms with van der Waals surface area (Å²) in [6.07, 6.45) is -0.602. The third-order valence-electron chi connectivity index (χ3n) is 3.75. The van der Waals surface area contributed by atoms with Crippen molar-refractivity contribution in [2.24, 2.45) is 0 Å². The van der Waals surface area contributed by atoms with Crippen LogP contribution in [0.2, 0.25) is 0 Å². The lowest BCUT2D eigenvalue weighted by Crippen LogP contribution is -2.31. The number of esters is 2. The van der Waals surface area contributed by atoms with Gasteiger partial charge in [0.1, 0.15) is 5.75 Å². The molecular weight excluding hydrogens is 374 g/mol. The van der Waals surface area contributed by atoms with Crippen molar-refractivity contribution in [2.75, 3.05) is 11.9 Å². The van der Waals surface area contributed by atoms with Crippen molar-refractivity contribution in [3.8, 4) is 5.75 Å². The second-order valence-electron chi connectivity index (χ2n) is 6.52. The third-order valence-corrected chi connectivity index (χ3v) is 3.75. The highest BCUT2D eigenvalue weighted by molar-refractivity contribution is 5.94. The van der Waals surface area contributed by atoms with E-state index in [0.29, 0.717) is 23.4 Å². The zero-order valence-electron chi connectivity index (χ0n) is 16.7. The number of hydrogen-bond donors (Lipinski definition) is 1. The molecule has 0 saturated carbocycles. The summed E-state index contributed by atoms with van der Waals surface area (Å²) in [7, 11) is 0. The maximum atomic E-state index is 12.2. The van der Waals surface area contributed by atoms with Crippen molar-refractivity contribution in [3.63, 3.8) is 0 Å². The SMILES string of the molecule is CC[C@@H](Oc1ccccc1)C(=O)OCC(=O)Nc1ccc(C(=O)OC(C)C)cc1. The van der Waals surface area contributed by atoms with Crippen LogP contribution in [0.5, 0.6) is 5.75 Å². The summed E-state index contributed by atoms with van der Waals surface area (Å²) in [4.78, 5) is 36.0. The van der Waals surface area contributed by atoms with Crippen LogP contribution >= 0.6 is 0 Å². The summed E-state index contributed by atoms with van der Waals surface area (Å²) in [6, 6.07) is 15.2. The highest BCUT2D eigenvalue weighted by Gasteiger charge is 2.21. The Morgan fingerprint density at radius 3 is 2.21 bits per heavy atom. The van der Waals surface area contributed by atoms with Crippen molar-refractivity contribution >= 4 is 23.5 Å². The Morgan fingerprint density at radius 1 is 0.966 bits per heavy atom. The van der Waals surface area contributed by atoms with E-state index in [1.807, 2.05) is 6.07 Å². The maximum Gasteiger partial charge on any atom is 0.347 e. The fourth-order valence-corrected chi connectivity index (χ4v) is 2.36. The molecule has 0 bridgehead atoms. The van der Waals surface area contributed by atoms with Gasteiger partial charge in [0, 0.05) is 5.69 Å². The average Bonchev–Trinajstić information content (AvgIpc) is 2.71. The van der Waals surface area contributed by atoms with Gasteiger partial charge in [-0.05, 0) is 56.7 Å². The summed E-state index contributed by atoms with van der Waals surface area (Å²) in [5.74, 6) is -0.989. The summed E-state index contributed by atoms with van der Waals surface area (Å²) < 4.78 is 15.7. The van der Waals surface area contributed by atoms with E-state index in [-0.39, 0.29) is 6.10 Å². The Bertz CT molecular complexity index is 817. The molecule has 0 heterocycles. The van der Waals surface area contributed by atoms with Gasteiger partial charge in [-0.25, -0.2) is 9.59 Å². The molecule has 1 N–H and O–H groups in total. The van der Waals surface area contributed by atoms with Crippen LogP contribution in [0.25, 0.3) is 0 Å². The van der Waals surface area contributed by atoms with Crippen LogP contribution in [-0.4, -0.2) is 36.7 Å². The highest BCUT2D eigenvalue weighted by Crippen LogP contribution is 2.14. The number of amides is 1. The molecule has 1 amide bonds. The summed E-state index contributed by atoms with van der Waals surface area (Å²) in [5, 5.41) is 2.60. The van der Waals surface area contributed by atoms with E-state index in [0.717, 1.165) is 0 Å². The molecule has 154 valence electrons. The van der Waals surface area contributed by atoms with Crippen molar-refractivity contribution in [3.05, 3.63) is 60.2 Å². The number of carbonyl (C=O) groups excluding carboxylic acids is 3. The molecule has 0 aliphatic heterocycles. The molecule has 0 radical (unpaired) electrons. The van der Waals surface area contributed by atoms with Gasteiger partial charge in [0.25, 0.3) is 5.91 Å². The number of rotatable bonds is 9. The van der Waals surface area contributed by atoms with Gasteiger partial charge in [0.2, 0.25) is 0 Å². The smallest absolute Gasteiger partial charge is 0.347 e. The van der Waals surface area contributed by atoms with E-state index in [1.165, 1.54) is 0 Å². The molecule has 2 aromatic rings. The Balaban J connectivity index is 1.82. The quantitative estimate of drug-likeness (QED) is 0.648. The molecule has 2 aromatic carbocycles. The van der Waals surface area contributed by atoms with E-state index in [9.17, 15) is 14.4 Å². The fraction of sp³-hybridized carbons (Fsp3) is 0.318. The molecule has 2 rings (SSSR count). The predicted molar refractivity (Wildman–Crippen MR) is 108 cm³/mol. The molecule has 7 nitrogen and oxygen atoms in total. The summed E-state index contributed by atoms with van der Waals surface area (Å²) in [6.45, 7) is 4.88. The number of carbonyl (C=O) groups is 3. The van der Waals surface area contributed by atoms with Gasteiger partial charge in [0.15, 0.2) is 12.7 Å². The predicted octanol–water partition coefficient (Wildman–Crippen LogP) is 3.59. The Labute approximate surface area is 170 Å². The number of nitrogens with one attached hydrogen (secondary N) is 1. The molecule has 29 heavy (non-hydrogen) atoms. The minimum Gasteiger partial charge on any atom is -0.479 e. The molecule has 0 spiro atoms. The van der Waals surface area contributed by atoms with Crippen molar-refractivity contribution in [1.29, 1.82) is 0 Å². The largest absolute Gasteiger partial charge is 0.479 e. The van der Waals surface area contributed by atoms with Gasteiger partial charge in [-0.15, -0.1) is 0 Å². The van der Waals surface area contributed by atoms with Crippen LogP contribution in [0.15, 0.2) is 54.6 Å². The Kier molecular flexibility index (Phi) is 8.21. The van der Waals surface area contributed by atoms with Gasteiger partial charge in [-0.1, -0.05) is 25.1 Å². The van der Waals surface area contributed by atoms with E-state index < -0.39 is 30.6 Å². The van der Waals surface area contributed by atoms with E-state index in [2.05, 4.69) is 5.32 Å². The van der Waals surface area contributed by atoms with E-state index >= 15 is 0 Å². The van der Waals surface area contributed by atoms with Crippen LogP contribution in [-0.2, 0) is 19.1 Å². The van der Waals surface area contributed by atoms with Gasteiger partial charge >= 0.3 is 11.9 Å². The standard InChI is InChI=1S/C22H25NO6/c1-4-19(29-18-8-6-5-7-9-18)22(26)27-14-20(24)23-17-12-10-16(11-13-17)21(25)28-15(2)3/h5-13,15,19H,4,14H2,1-3H3,(H,23,24)/t19-/m1/s1. The third kappa shape index (κ3) is 7.29. The number of hydrogen-bond acceptors (Lipinski definition) is 6. The van der Waals surface area contributed by atoms with E-state index in [1.54, 1.807) is 69.3 Å². The van der Waals surface area contributed by atoms with Gasteiger partial charge in [-0.3, -0.25) is 4.79 Å². The van der Waals surface area contributed by atoms with Crippen LogP contribution in [0.4, 0.5) is 5.69 Å². The molecule has 7 heteroatoms. The highest BCUT2D eigenvalue weighted by atomic mass is 16.6. The first-order valence-corrected chi connectivity index (χ1v) is 9.38. The molecular formula is C22H25NO6. The number of anilines is 1. The van der Waals surface area contributed by atoms with Crippen molar-refractivity contribution in [2.45, 2.75) is 39.4 Å². The minimum absolute atomic E-state index is 0.214. The lowest BCUT2D eigenvalue weighted by Gasteiger charge is -2.16. The van der Waals surface area contributed by atoms with Crippen LogP contribution in [0.1, 0.15) is 37.6 Å². The normalized spacial score (nSPS) is 11.4. The van der Waals surface area contributed by atoms with Crippen LogP contribution in [0, 0.1) is 0 Å². The van der Waals surface area contributed by atoms with Gasteiger partial charge < -0.3 is 19.5 Å². The molecule has 0 aliphatic carbocycles. The summed E-state index contributed by atoms with van der Waals surface area (Å²) in [5.41, 5.74) is 0.853. The van der Waals surface area contributed by atoms with Crippen LogP contribution < -0.4 is 10.1 Å². The number of para-hydroxylation sites is 1. The number of ether oxygens (including phenoxy) is 3. The Morgan fingerprint density at radius 2 is 1.62 bits per heavy atom. The van der Waals surface area contributed by atoms with Crippen molar-refractivity contribution in [1.82, 2.24) is 0 Å². The molecule has 0 saturated heterocycles. The first-order valence-electron chi connectivity index (χ1n) is 9.38. The number of benzene rings is 2. The first kappa shape index (κ1) is 21.9. The maximum absolute atomic E-state index is 12.2. The zero-order chi connectivity index (χ0) is 21.2. The van der Waals surface area contributed by atoms with Crippen LogP contribution in [0.3, 0.4) is 0 Å². The molecule has 0 unspecified atom stereocenters. The molecule has 0 fully saturated rings. The van der Waals surface area contributed by atoms with E-state index in [4.69, 9.17) is 14.2 Å². The van der Waals surface area contributed by atoms with Gasteiger partial charge in [0.05, 0.1) is 11.7 Å². The molecule has 0 aliphatic rings. The average molecular weight is 399 g/mol.